The Kier molecular flexibility index (Phi) is 5.12. The molecule has 0 saturated carbocycles. The smallest absolute Gasteiger partial charge is 0.142 e. The first-order valence-corrected chi connectivity index (χ1v) is 5.86. The monoisotopic (exact) mass is 222 g/mol. The van der Waals surface area contributed by atoms with Gasteiger partial charge < -0.3 is 15.8 Å². The van der Waals surface area contributed by atoms with Gasteiger partial charge in [-0.2, -0.15) is 0 Å². The molecular formula is C13H22N2O. The Balaban J connectivity index is 2.58. The quantitative estimate of drug-likeness (QED) is 0.777. The van der Waals surface area contributed by atoms with Crippen molar-refractivity contribution in [2.75, 3.05) is 18.5 Å². The van der Waals surface area contributed by atoms with E-state index in [4.69, 9.17) is 10.5 Å². The molecule has 90 valence electrons. The van der Waals surface area contributed by atoms with Gasteiger partial charge in [0, 0.05) is 12.6 Å². The number of hydrogen-bond donors (Lipinski definition) is 2. The van der Waals surface area contributed by atoms with Crippen molar-refractivity contribution in [1.29, 1.82) is 0 Å². The van der Waals surface area contributed by atoms with E-state index >= 15 is 0 Å². The molecule has 0 heterocycles. The molecule has 0 aliphatic heterocycles. The number of rotatable bonds is 6. The van der Waals surface area contributed by atoms with Crippen molar-refractivity contribution in [2.24, 2.45) is 11.7 Å². The van der Waals surface area contributed by atoms with E-state index in [1.165, 1.54) is 0 Å². The minimum Gasteiger partial charge on any atom is -0.492 e. The van der Waals surface area contributed by atoms with Crippen molar-refractivity contribution < 1.29 is 4.74 Å². The SMILES string of the molecule is CCOc1ccccc1NCC(N)C(C)C. The fourth-order valence-corrected chi connectivity index (χ4v) is 1.36. The molecule has 0 aliphatic carbocycles. The Bertz CT molecular complexity index is 313. The summed E-state index contributed by atoms with van der Waals surface area (Å²) in [4.78, 5) is 0. The van der Waals surface area contributed by atoms with Gasteiger partial charge in [-0.05, 0) is 25.0 Å². The topological polar surface area (TPSA) is 47.3 Å². The Morgan fingerprint density at radius 2 is 2.00 bits per heavy atom. The number of nitrogens with two attached hydrogens (primary N) is 1. The Labute approximate surface area is 98.0 Å². The summed E-state index contributed by atoms with van der Waals surface area (Å²) in [7, 11) is 0. The summed E-state index contributed by atoms with van der Waals surface area (Å²) in [6, 6.07) is 8.10. The van der Waals surface area contributed by atoms with Crippen LogP contribution in [0.1, 0.15) is 20.8 Å². The fraction of sp³-hybridized carbons (Fsp3) is 0.538. The lowest BCUT2D eigenvalue weighted by atomic mass is 10.1. The summed E-state index contributed by atoms with van der Waals surface area (Å²) >= 11 is 0. The predicted octanol–water partition coefficient (Wildman–Crippen LogP) is 2.48. The van der Waals surface area contributed by atoms with Crippen LogP contribution >= 0.6 is 0 Å². The average Bonchev–Trinajstić information content (AvgIpc) is 2.27. The third-order valence-electron chi connectivity index (χ3n) is 2.57. The molecule has 0 spiro atoms. The van der Waals surface area contributed by atoms with Gasteiger partial charge >= 0.3 is 0 Å². The highest BCUT2D eigenvalue weighted by Gasteiger charge is 2.08. The van der Waals surface area contributed by atoms with Crippen molar-refractivity contribution in [1.82, 2.24) is 0 Å². The van der Waals surface area contributed by atoms with Crippen LogP contribution in [0.2, 0.25) is 0 Å². The zero-order valence-electron chi connectivity index (χ0n) is 10.4. The minimum atomic E-state index is 0.162. The number of anilines is 1. The number of nitrogens with one attached hydrogen (secondary N) is 1. The molecule has 0 aliphatic rings. The van der Waals surface area contributed by atoms with Gasteiger partial charge in [-0.15, -0.1) is 0 Å². The van der Waals surface area contributed by atoms with Crippen LogP contribution in [0, 0.1) is 5.92 Å². The molecule has 0 aromatic heterocycles. The molecule has 16 heavy (non-hydrogen) atoms. The lowest BCUT2D eigenvalue weighted by Crippen LogP contribution is -2.34. The third kappa shape index (κ3) is 3.74. The van der Waals surface area contributed by atoms with Gasteiger partial charge in [0.15, 0.2) is 0 Å². The first-order valence-electron chi connectivity index (χ1n) is 5.86. The molecule has 0 fully saturated rings. The highest BCUT2D eigenvalue weighted by atomic mass is 16.5. The zero-order valence-corrected chi connectivity index (χ0v) is 10.4. The lowest BCUT2D eigenvalue weighted by molar-refractivity contribution is 0.341. The van der Waals surface area contributed by atoms with Gasteiger partial charge in [0.05, 0.1) is 12.3 Å². The van der Waals surface area contributed by atoms with Gasteiger partial charge in [0.25, 0.3) is 0 Å². The summed E-state index contributed by atoms with van der Waals surface area (Å²) < 4.78 is 5.53. The molecule has 1 aromatic carbocycles. The Morgan fingerprint density at radius 1 is 1.31 bits per heavy atom. The maximum absolute atomic E-state index is 5.99. The molecule has 0 saturated heterocycles. The highest BCUT2D eigenvalue weighted by Crippen LogP contribution is 2.23. The molecule has 0 radical (unpaired) electrons. The van der Waals surface area contributed by atoms with Gasteiger partial charge in [-0.1, -0.05) is 26.0 Å². The Hall–Kier alpha value is -1.22. The molecule has 1 aromatic rings. The van der Waals surface area contributed by atoms with Crippen LogP contribution in [0.5, 0.6) is 5.75 Å². The van der Waals surface area contributed by atoms with Crippen LogP contribution in [-0.2, 0) is 0 Å². The van der Waals surface area contributed by atoms with Crippen LogP contribution in [-0.4, -0.2) is 19.2 Å². The summed E-state index contributed by atoms with van der Waals surface area (Å²) in [6.07, 6.45) is 0. The van der Waals surface area contributed by atoms with Crippen molar-refractivity contribution in [3.63, 3.8) is 0 Å². The predicted molar refractivity (Wildman–Crippen MR) is 68.9 cm³/mol. The normalized spacial score (nSPS) is 12.6. The summed E-state index contributed by atoms with van der Waals surface area (Å²) in [5, 5.41) is 3.33. The van der Waals surface area contributed by atoms with E-state index < -0.39 is 0 Å². The maximum Gasteiger partial charge on any atom is 0.142 e. The van der Waals surface area contributed by atoms with Crippen molar-refractivity contribution in [2.45, 2.75) is 26.8 Å². The molecule has 3 heteroatoms. The average molecular weight is 222 g/mol. The molecular weight excluding hydrogens is 200 g/mol. The molecule has 1 rings (SSSR count). The molecule has 3 N–H and O–H groups in total. The molecule has 1 atom stereocenters. The van der Waals surface area contributed by atoms with Crippen LogP contribution in [0.4, 0.5) is 5.69 Å². The highest BCUT2D eigenvalue weighted by molar-refractivity contribution is 5.56. The number of ether oxygens (including phenoxy) is 1. The van der Waals surface area contributed by atoms with E-state index in [9.17, 15) is 0 Å². The van der Waals surface area contributed by atoms with E-state index in [1.807, 2.05) is 31.2 Å². The molecule has 1 unspecified atom stereocenters. The third-order valence-corrected chi connectivity index (χ3v) is 2.57. The Morgan fingerprint density at radius 3 is 2.62 bits per heavy atom. The standard InChI is InChI=1S/C13H22N2O/c1-4-16-13-8-6-5-7-12(13)15-9-11(14)10(2)3/h5-8,10-11,15H,4,9,14H2,1-3H3. The lowest BCUT2D eigenvalue weighted by Gasteiger charge is -2.18. The van der Waals surface area contributed by atoms with E-state index in [2.05, 4.69) is 19.2 Å². The van der Waals surface area contributed by atoms with Crippen LogP contribution in [0.15, 0.2) is 24.3 Å². The molecule has 3 nitrogen and oxygen atoms in total. The summed E-state index contributed by atoms with van der Waals surface area (Å²) in [5.74, 6) is 1.37. The van der Waals surface area contributed by atoms with Crippen molar-refractivity contribution in [3.05, 3.63) is 24.3 Å². The first-order chi connectivity index (χ1) is 7.65. The van der Waals surface area contributed by atoms with Gasteiger partial charge in [-0.25, -0.2) is 0 Å². The second kappa shape index (κ2) is 6.38. The first kappa shape index (κ1) is 12.8. The van der Waals surface area contributed by atoms with Crippen molar-refractivity contribution in [3.8, 4) is 5.75 Å². The summed E-state index contributed by atoms with van der Waals surface area (Å²) in [5.41, 5.74) is 7.00. The van der Waals surface area contributed by atoms with E-state index in [-0.39, 0.29) is 6.04 Å². The fourth-order valence-electron chi connectivity index (χ4n) is 1.36. The van der Waals surface area contributed by atoms with E-state index in [0.717, 1.165) is 18.0 Å². The second-order valence-corrected chi connectivity index (χ2v) is 4.22. The van der Waals surface area contributed by atoms with Gasteiger partial charge in [-0.3, -0.25) is 0 Å². The van der Waals surface area contributed by atoms with Gasteiger partial charge in [0.1, 0.15) is 5.75 Å². The van der Waals surface area contributed by atoms with E-state index in [1.54, 1.807) is 0 Å². The summed E-state index contributed by atoms with van der Waals surface area (Å²) in [6.45, 7) is 7.68. The maximum atomic E-state index is 5.99. The zero-order chi connectivity index (χ0) is 12.0. The molecule has 0 amide bonds. The van der Waals surface area contributed by atoms with Gasteiger partial charge in [0.2, 0.25) is 0 Å². The van der Waals surface area contributed by atoms with Crippen LogP contribution in [0.25, 0.3) is 0 Å². The second-order valence-electron chi connectivity index (χ2n) is 4.22. The largest absolute Gasteiger partial charge is 0.492 e. The number of benzene rings is 1. The van der Waals surface area contributed by atoms with E-state index in [0.29, 0.717) is 12.5 Å². The molecule has 0 bridgehead atoms. The minimum absolute atomic E-state index is 0.162. The van der Waals surface area contributed by atoms with Crippen molar-refractivity contribution >= 4 is 5.69 Å². The number of para-hydroxylation sites is 2. The number of hydrogen-bond acceptors (Lipinski definition) is 3. The van der Waals surface area contributed by atoms with Crippen LogP contribution < -0.4 is 15.8 Å². The van der Waals surface area contributed by atoms with Crippen LogP contribution in [0.3, 0.4) is 0 Å².